The normalized spacial score (nSPS) is 10.7. The van der Waals surface area contributed by atoms with Crippen LogP contribution >= 0.6 is 0 Å². The van der Waals surface area contributed by atoms with Crippen molar-refractivity contribution in [2.75, 3.05) is 12.4 Å². The third-order valence-electron chi connectivity index (χ3n) is 3.47. The molecule has 0 fully saturated rings. The number of anilines is 1. The lowest BCUT2D eigenvalue weighted by molar-refractivity contribution is 0.0997. The topological polar surface area (TPSA) is 51.5 Å². The Morgan fingerprint density at radius 1 is 1.23 bits per heavy atom. The van der Waals surface area contributed by atoms with Crippen molar-refractivity contribution in [2.45, 2.75) is 6.92 Å². The number of carbonyl (C=O) groups is 1. The van der Waals surface area contributed by atoms with Gasteiger partial charge in [-0.1, -0.05) is 12.1 Å². The van der Waals surface area contributed by atoms with Crippen LogP contribution in [0.1, 0.15) is 16.1 Å². The van der Waals surface area contributed by atoms with Gasteiger partial charge in [0.2, 0.25) is 0 Å². The fourth-order valence-electron chi connectivity index (χ4n) is 2.29. The van der Waals surface area contributed by atoms with Crippen molar-refractivity contribution in [3.8, 4) is 5.75 Å². The Kier molecular flexibility index (Phi) is 3.55. The van der Waals surface area contributed by atoms with E-state index in [1.54, 1.807) is 44.4 Å². The largest absolute Gasteiger partial charge is 0.497 e. The lowest BCUT2D eigenvalue weighted by Gasteiger charge is -2.04. The second kappa shape index (κ2) is 5.52. The van der Waals surface area contributed by atoms with E-state index in [-0.39, 0.29) is 11.4 Å². The van der Waals surface area contributed by atoms with Crippen LogP contribution in [0.2, 0.25) is 0 Å². The Morgan fingerprint density at radius 2 is 2.00 bits per heavy atom. The number of hydrogen-bond donors (Lipinski definition) is 1. The average molecular weight is 299 g/mol. The van der Waals surface area contributed by atoms with Crippen LogP contribution in [0.4, 0.5) is 10.1 Å². The van der Waals surface area contributed by atoms with Gasteiger partial charge < -0.3 is 14.5 Å². The van der Waals surface area contributed by atoms with E-state index >= 15 is 0 Å². The Hall–Kier alpha value is -2.82. The number of benzene rings is 2. The Labute approximate surface area is 126 Å². The molecule has 112 valence electrons. The molecule has 0 bridgehead atoms. The number of fused-ring (bicyclic) bond motifs is 1. The number of aryl methyl sites for hydroxylation is 1. The molecular weight excluding hydrogens is 285 g/mol. The van der Waals surface area contributed by atoms with Gasteiger partial charge in [-0.3, -0.25) is 4.79 Å². The molecule has 0 radical (unpaired) electrons. The van der Waals surface area contributed by atoms with Gasteiger partial charge in [0.1, 0.15) is 17.1 Å². The molecule has 3 rings (SSSR count). The number of methoxy groups -OCH3 is 1. The zero-order chi connectivity index (χ0) is 15.7. The predicted molar refractivity (Wildman–Crippen MR) is 81.9 cm³/mol. The first-order valence-electron chi connectivity index (χ1n) is 6.73. The first-order chi connectivity index (χ1) is 10.6. The monoisotopic (exact) mass is 299 g/mol. The maximum atomic E-state index is 13.6. The Balaban J connectivity index is 1.97. The number of amides is 1. The van der Waals surface area contributed by atoms with Gasteiger partial charge in [0.25, 0.3) is 5.91 Å². The van der Waals surface area contributed by atoms with Crippen molar-refractivity contribution in [3.05, 3.63) is 59.6 Å². The molecule has 1 aromatic heterocycles. The van der Waals surface area contributed by atoms with Crippen LogP contribution in [0.25, 0.3) is 11.0 Å². The van der Waals surface area contributed by atoms with Crippen LogP contribution in [-0.4, -0.2) is 13.0 Å². The number of furan rings is 1. The summed E-state index contributed by atoms with van der Waals surface area (Å²) in [5.74, 6) is -0.145. The third-order valence-corrected chi connectivity index (χ3v) is 3.47. The standard InChI is InChI=1S/C17H14FNO3/c1-10-12-9-11(21-2)7-8-15(12)22-16(10)17(20)19-14-6-4-3-5-13(14)18/h3-9H,1-2H3,(H,19,20). The van der Waals surface area contributed by atoms with E-state index in [1.807, 2.05) is 0 Å². The van der Waals surface area contributed by atoms with E-state index in [0.717, 1.165) is 5.39 Å². The molecule has 0 aliphatic carbocycles. The Bertz CT molecular complexity index is 854. The van der Waals surface area contributed by atoms with Crippen LogP contribution in [-0.2, 0) is 0 Å². The van der Waals surface area contributed by atoms with Gasteiger partial charge in [0, 0.05) is 10.9 Å². The summed E-state index contributed by atoms with van der Waals surface area (Å²) in [5.41, 5.74) is 1.38. The lowest BCUT2D eigenvalue weighted by atomic mass is 10.1. The van der Waals surface area contributed by atoms with Gasteiger partial charge in [-0.25, -0.2) is 4.39 Å². The van der Waals surface area contributed by atoms with Crippen molar-refractivity contribution >= 4 is 22.6 Å². The van der Waals surface area contributed by atoms with E-state index < -0.39 is 11.7 Å². The molecule has 0 aliphatic heterocycles. The number of ether oxygens (including phenoxy) is 1. The summed E-state index contributed by atoms with van der Waals surface area (Å²) >= 11 is 0. The zero-order valence-electron chi connectivity index (χ0n) is 12.1. The third kappa shape index (κ3) is 2.41. The molecular formula is C17H14FNO3. The summed E-state index contributed by atoms with van der Waals surface area (Å²) in [6.07, 6.45) is 0. The number of halogens is 1. The molecule has 5 heteroatoms. The number of nitrogens with one attached hydrogen (secondary N) is 1. The molecule has 0 saturated carbocycles. The number of rotatable bonds is 3. The van der Waals surface area contributed by atoms with Gasteiger partial charge in [0.05, 0.1) is 12.8 Å². The Morgan fingerprint density at radius 3 is 2.73 bits per heavy atom. The first kappa shape index (κ1) is 14.1. The van der Waals surface area contributed by atoms with Crippen molar-refractivity contribution in [1.82, 2.24) is 0 Å². The average Bonchev–Trinajstić information content (AvgIpc) is 2.86. The molecule has 3 aromatic rings. The van der Waals surface area contributed by atoms with Crippen LogP contribution in [0, 0.1) is 12.7 Å². The summed E-state index contributed by atoms with van der Waals surface area (Å²) in [4.78, 5) is 12.3. The minimum absolute atomic E-state index is 0.116. The van der Waals surface area contributed by atoms with Crippen molar-refractivity contribution in [3.63, 3.8) is 0 Å². The van der Waals surface area contributed by atoms with Gasteiger partial charge >= 0.3 is 0 Å². The van der Waals surface area contributed by atoms with E-state index in [2.05, 4.69) is 5.32 Å². The molecule has 0 aliphatic rings. The number of hydrogen-bond acceptors (Lipinski definition) is 3. The van der Waals surface area contributed by atoms with Gasteiger partial charge in [-0.15, -0.1) is 0 Å². The number of para-hydroxylation sites is 1. The molecule has 1 amide bonds. The summed E-state index contributed by atoms with van der Waals surface area (Å²) < 4.78 is 24.4. The van der Waals surface area contributed by atoms with Crippen LogP contribution in [0.3, 0.4) is 0 Å². The van der Waals surface area contributed by atoms with Gasteiger partial charge in [-0.2, -0.15) is 0 Å². The fourth-order valence-corrected chi connectivity index (χ4v) is 2.29. The molecule has 4 nitrogen and oxygen atoms in total. The first-order valence-corrected chi connectivity index (χ1v) is 6.73. The van der Waals surface area contributed by atoms with E-state index in [0.29, 0.717) is 16.9 Å². The van der Waals surface area contributed by atoms with Crippen molar-refractivity contribution in [2.24, 2.45) is 0 Å². The van der Waals surface area contributed by atoms with Crippen molar-refractivity contribution < 1.29 is 18.3 Å². The second-order valence-corrected chi connectivity index (χ2v) is 4.85. The van der Waals surface area contributed by atoms with E-state index in [4.69, 9.17) is 9.15 Å². The van der Waals surface area contributed by atoms with Gasteiger partial charge in [-0.05, 0) is 37.3 Å². The minimum Gasteiger partial charge on any atom is -0.497 e. The predicted octanol–water partition coefficient (Wildman–Crippen LogP) is 4.14. The maximum Gasteiger partial charge on any atom is 0.291 e. The highest BCUT2D eigenvalue weighted by molar-refractivity contribution is 6.06. The highest BCUT2D eigenvalue weighted by Gasteiger charge is 2.19. The molecule has 0 saturated heterocycles. The summed E-state index contributed by atoms with van der Waals surface area (Å²) in [7, 11) is 1.57. The lowest BCUT2D eigenvalue weighted by Crippen LogP contribution is -2.13. The second-order valence-electron chi connectivity index (χ2n) is 4.85. The summed E-state index contributed by atoms with van der Waals surface area (Å²) in [6.45, 7) is 1.78. The van der Waals surface area contributed by atoms with E-state index in [1.165, 1.54) is 12.1 Å². The molecule has 0 atom stereocenters. The fraction of sp³-hybridized carbons (Fsp3) is 0.118. The molecule has 1 heterocycles. The zero-order valence-corrected chi connectivity index (χ0v) is 12.1. The highest BCUT2D eigenvalue weighted by Crippen LogP contribution is 2.29. The minimum atomic E-state index is -0.494. The molecule has 0 unspecified atom stereocenters. The molecule has 2 aromatic carbocycles. The highest BCUT2D eigenvalue weighted by atomic mass is 19.1. The summed E-state index contributed by atoms with van der Waals surface area (Å²) in [6, 6.07) is 11.3. The summed E-state index contributed by atoms with van der Waals surface area (Å²) in [5, 5.41) is 3.31. The van der Waals surface area contributed by atoms with Crippen molar-refractivity contribution in [1.29, 1.82) is 0 Å². The van der Waals surface area contributed by atoms with Gasteiger partial charge in [0.15, 0.2) is 5.76 Å². The molecule has 22 heavy (non-hydrogen) atoms. The van der Waals surface area contributed by atoms with E-state index in [9.17, 15) is 9.18 Å². The van der Waals surface area contributed by atoms with Crippen LogP contribution in [0.5, 0.6) is 5.75 Å². The van der Waals surface area contributed by atoms with Crippen LogP contribution in [0.15, 0.2) is 46.9 Å². The molecule has 0 spiro atoms. The quantitative estimate of drug-likeness (QED) is 0.790. The molecule has 1 N–H and O–H groups in total. The van der Waals surface area contributed by atoms with Crippen LogP contribution < -0.4 is 10.1 Å². The SMILES string of the molecule is COc1ccc2oc(C(=O)Nc3ccccc3F)c(C)c2c1. The maximum absolute atomic E-state index is 13.6. The number of carbonyl (C=O) groups excluding carboxylic acids is 1. The smallest absolute Gasteiger partial charge is 0.291 e.